The smallest absolute Gasteiger partial charge is 0.270 e. The van der Waals surface area contributed by atoms with Crippen molar-refractivity contribution in [3.8, 4) is 0 Å². The fraction of sp³-hybridized carbons (Fsp3) is 0.350. The number of pyridine rings is 2. The van der Waals surface area contributed by atoms with Crippen LogP contribution in [-0.4, -0.2) is 33.1 Å². The molecule has 0 aliphatic heterocycles. The van der Waals surface area contributed by atoms with E-state index in [1.165, 1.54) is 0 Å². The predicted molar refractivity (Wildman–Crippen MR) is 103 cm³/mol. The second-order valence-corrected chi connectivity index (χ2v) is 7.85. The number of aliphatic hydroxyl groups excluding tert-OH is 1. The highest BCUT2D eigenvalue weighted by Crippen LogP contribution is 2.30. The number of nitrogens with zero attached hydrogens (tertiary/aromatic N) is 2. The highest BCUT2D eigenvalue weighted by Gasteiger charge is 2.30. The Hall–Kier alpha value is -2.31. The molecule has 3 aromatic rings. The van der Waals surface area contributed by atoms with E-state index < -0.39 is 6.10 Å². The standard InChI is InChI=1S/C20H21N3O2S/c1-11-10-26-19-14(7-13-4-3-12(2)21-9-13)8-16(22-18(11)19)20(25)23-15-5-6-17(15)24/h3-4,8-10,15,17,24H,5-7H2,1-2H3,(H,23,25)/t15-,17-/m0/s1. The second-order valence-electron chi connectivity index (χ2n) is 6.97. The van der Waals surface area contributed by atoms with E-state index in [1.807, 2.05) is 32.2 Å². The molecule has 6 heteroatoms. The van der Waals surface area contributed by atoms with E-state index in [-0.39, 0.29) is 11.9 Å². The second kappa shape index (κ2) is 6.78. The Bertz CT molecular complexity index is 965. The molecule has 1 amide bonds. The molecule has 3 aromatic heterocycles. The molecule has 0 spiro atoms. The minimum Gasteiger partial charge on any atom is -0.391 e. The molecule has 1 fully saturated rings. The van der Waals surface area contributed by atoms with E-state index in [0.717, 1.165) is 45.4 Å². The zero-order chi connectivity index (χ0) is 18.3. The van der Waals surface area contributed by atoms with Crippen LogP contribution >= 0.6 is 11.3 Å². The lowest BCUT2D eigenvalue weighted by Gasteiger charge is -2.32. The van der Waals surface area contributed by atoms with Gasteiger partial charge in [0.15, 0.2) is 0 Å². The number of fused-ring (bicyclic) bond motifs is 1. The van der Waals surface area contributed by atoms with E-state index in [0.29, 0.717) is 12.1 Å². The molecule has 0 radical (unpaired) electrons. The third kappa shape index (κ3) is 3.22. The molecule has 0 aromatic carbocycles. The summed E-state index contributed by atoms with van der Waals surface area (Å²) in [6, 6.07) is 5.78. The number of nitrogens with one attached hydrogen (secondary N) is 1. The summed E-state index contributed by atoms with van der Waals surface area (Å²) >= 11 is 1.66. The number of thiophene rings is 1. The zero-order valence-corrected chi connectivity index (χ0v) is 15.6. The first-order valence-electron chi connectivity index (χ1n) is 8.79. The Kier molecular flexibility index (Phi) is 4.46. The van der Waals surface area contributed by atoms with Crippen molar-refractivity contribution in [2.75, 3.05) is 0 Å². The van der Waals surface area contributed by atoms with Crippen molar-refractivity contribution in [3.05, 3.63) is 57.9 Å². The molecule has 3 heterocycles. The molecule has 134 valence electrons. The van der Waals surface area contributed by atoms with Gasteiger partial charge in [-0.3, -0.25) is 9.78 Å². The first-order chi connectivity index (χ1) is 12.5. The quantitative estimate of drug-likeness (QED) is 0.743. The summed E-state index contributed by atoms with van der Waals surface area (Å²) < 4.78 is 1.11. The van der Waals surface area contributed by atoms with Crippen LogP contribution in [0.15, 0.2) is 29.8 Å². The predicted octanol–water partition coefficient (Wildman–Crippen LogP) is 3.15. The average Bonchev–Trinajstić information content (AvgIpc) is 3.01. The summed E-state index contributed by atoms with van der Waals surface area (Å²) in [6.45, 7) is 3.98. The lowest BCUT2D eigenvalue weighted by atomic mass is 9.89. The van der Waals surface area contributed by atoms with Crippen molar-refractivity contribution in [1.82, 2.24) is 15.3 Å². The number of aliphatic hydroxyl groups is 1. The van der Waals surface area contributed by atoms with Crippen LogP contribution in [0.25, 0.3) is 10.2 Å². The molecule has 26 heavy (non-hydrogen) atoms. The topological polar surface area (TPSA) is 75.1 Å². The minimum atomic E-state index is -0.441. The fourth-order valence-electron chi connectivity index (χ4n) is 3.15. The number of carbonyl (C=O) groups is 1. The van der Waals surface area contributed by atoms with Crippen LogP contribution in [0, 0.1) is 13.8 Å². The van der Waals surface area contributed by atoms with Gasteiger partial charge in [-0.05, 0) is 60.9 Å². The summed E-state index contributed by atoms with van der Waals surface area (Å²) in [4.78, 5) is 21.6. The number of rotatable bonds is 4. The average molecular weight is 367 g/mol. The van der Waals surface area contributed by atoms with Gasteiger partial charge in [0, 0.05) is 18.3 Å². The van der Waals surface area contributed by atoms with Gasteiger partial charge in [0.05, 0.1) is 22.4 Å². The third-order valence-electron chi connectivity index (χ3n) is 4.93. The van der Waals surface area contributed by atoms with Crippen molar-refractivity contribution in [1.29, 1.82) is 0 Å². The maximum Gasteiger partial charge on any atom is 0.270 e. The van der Waals surface area contributed by atoms with Gasteiger partial charge in [-0.15, -0.1) is 11.3 Å². The van der Waals surface area contributed by atoms with Gasteiger partial charge in [-0.2, -0.15) is 0 Å². The molecule has 5 nitrogen and oxygen atoms in total. The summed E-state index contributed by atoms with van der Waals surface area (Å²) in [5, 5.41) is 14.7. The molecule has 2 N–H and O–H groups in total. The number of hydrogen-bond acceptors (Lipinski definition) is 5. The molecule has 0 unspecified atom stereocenters. The van der Waals surface area contributed by atoms with Crippen LogP contribution in [0.1, 0.15) is 45.7 Å². The summed E-state index contributed by atoms with van der Waals surface area (Å²) in [5.74, 6) is -0.218. The molecule has 1 saturated carbocycles. The van der Waals surface area contributed by atoms with Gasteiger partial charge in [0.25, 0.3) is 5.91 Å². The molecule has 1 aliphatic carbocycles. The van der Waals surface area contributed by atoms with Gasteiger partial charge in [0.1, 0.15) is 5.69 Å². The van der Waals surface area contributed by atoms with Crippen LogP contribution in [0.2, 0.25) is 0 Å². The first-order valence-corrected chi connectivity index (χ1v) is 9.67. The maximum atomic E-state index is 12.6. The van der Waals surface area contributed by atoms with Gasteiger partial charge < -0.3 is 10.4 Å². The molecule has 1 aliphatic rings. The number of amides is 1. The SMILES string of the molecule is Cc1ccc(Cc2cc(C(=O)N[C@H]3CC[C@@H]3O)nc3c(C)csc23)cn1. The van der Waals surface area contributed by atoms with E-state index in [1.54, 1.807) is 11.3 Å². The van der Waals surface area contributed by atoms with Crippen LogP contribution in [0.5, 0.6) is 0 Å². The Balaban J connectivity index is 1.69. The van der Waals surface area contributed by atoms with Crippen LogP contribution in [0.4, 0.5) is 0 Å². The van der Waals surface area contributed by atoms with Crippen LogP contribution < -0.4 is 5.32 Å². The highest BCUT2D eigenvalue weighted by molar-refractivity contribution is 7.17. The Morgan fingerprint density at radius 1 is 1.35 bits per heavy atom. The fourth-order valence-corrected chi connectivity index (χ4v) is 4.16. The molecule has 0 bridgehead atoms. The highest BCUT2D eigenvalue weighted by atomic mass is 32.1. The van der Waals surface area contributed by atoms with Crippen molar-refractivity contribution in [3.63, 3.8) is 0 Å². The summed E-state index contributed by atoms with van der Waals surface area (Å²) in [5.41, 5.74) is 5.54. The first kappa shape index (κ1) is 17.1. The van der Waals surface area contributed by atoms with E-state index >= 15 is 0 Å². The number of aromatic nitrogens is 2. The number of hydrogen-bond donors (Lipinski definition) is 2. The summed E-state index contributed by atoms with van der Waals surface area (Å²) in [6.07, 6.45) is 3.70. The number of aryl methyl sites for hydroxylation is 2. The Labute approximate surface area is 156 Å². The minimum absolute atomic E-state index is 0.159. The van der Waals surface area contributed by atoms with Gasteiger partial charge >= 0.3 is 0 Å². The van der Waals surface area contributed by atoms with E-state index in [4.69, 9.17) is 0 Å². The lowest BCUT2D eigenvalue weighted by molar-refractivity contribution is 0.0446. The molecule has 2 atom stereocenters. The van der Waals surface area contributed by atoms with Crippen molar-refractivity contribution in [2.45, 2.75) is 45.3 Å². The number of carbonyl (C=O) groups excluding carboxylic acids is 1. The maximum absolute atomic E-state index is 12.6. The zero-order valence-electron chi connectivity index (χ0n) is 14.8. The van der Waals surface area contributed by atoms with Crippen molar-refractivity contribution in [2.24, 2.45) is 0 Å². The van der Waals surface area contributed by atoms with Crippen molar-refractivity contribution >= 4 is 27.5 Å². The summed E-state index contributed by atoms with van der Waals surface area (Å²) in [7, 11) is 0. The Morgan fingerprint density at radius 3 is 2.85 bits per heavy atom. The van der Waals surface area contributed by atoms with Gasteiger partial charge in [-0.1, -0.05) is 6.07 Å². The molecular weight excluding hydrogens is 346 g/mol. The molecule has 0 saturated heterocycles. The largest absolute Gasteiger partial charge is 0.391 e. The molecule has 4 rings (SSSR count). The monoisotopic (exact) mass is 367 g/mol. The van der Waals surface area contributed by atoms with Crippen LogP contribution in [-0.2, 0) is 6.42 Å². The van der Waals surface area contributed by atoms with E-state index in [9.17, 15) is 9.90 Å². The van der Waals surface area contributed by atoms with Gasteiger partial charge in [-0.25, -0.2) is 4.98 Å². The van der Waals surface area contributed by atoms with E-state index in [2.05, 4.69) is 26.7 Å². The van der Waals surface area contributed by atoms with Crippen LogP contribution in [0.3, 0.4) is 0 Å². The third-order valence-corrected chi connectivity index (χ3v) is 6.09. The Morgan fingerprint density at radius 2 is 2.19 bits per heavy atom. The molecular formula is C20H21N3O2S. The van der Waals surface area contributed by atoms with Crippen molar-refractivity contribution < 1.29 is 9.90 Å². The lowest BCUT2D eigenvalue weighted by Crippen LogP contribution is -2.50. The van der Waals surface area contributed by atoms with Gasteiger partial charge in [0.2, 0.25) is 0 Å². The normalized spacial score (nSPS) is 19.3.